The van der Waals surface area contributed by atoms with Crippen molar-refractivity contribution < 1.29 is 9.84 Å². The van der Waals surface area contributed by atoms with E-state index in [0.717, 1.165) is 30.9 Å². The molecule has 1 atom stereocenters. The van der Waals surface area contributed by atoms with Gasteiger partial charge in [0.1, 0.15) is 12.4 Å². The van der Waals surface area contributed by atoms with Crippen molar-refractivity contribution in [3.63, 3.8) is 0 Å². The molecule has 0 aromatic heterocycles. The highest BCUT2D eigenvalue weighted by molar-refractivity contribution is 6.35. The third-order valence-corrected chi connectivity index (χ3v) is 4.17. The van der Waals surface area contributed by atoms with Gasteiger partial charge < -0.3 is 20.5 Å². The van der Waals surface area contributed by atoms with E-state index in [1.54, 1.807) is 19.1 Å². The summed E-state index contributed by atoms with van der Waals surface area (Å²) in [6.07, 6.45) is -0.310. The van der Waals surface area contributed by atoms with Gasteiger partial charge in [0.05, 0.1) is 6.10 Å². The monoisotopic (exact) mass is 382 g/mol. The number of aliphatic hydroxyl groups excluding tert-OH is 1. The molecule has 3 N–H and O–H groups in total. The van der Waals surface area contributed by atoms with Crippen LogP contribution in [0.15, 0.2) is 42.5 Å². The Kier molecular flexibility index (Phi) is 8.52. The molecule has 0 amide bonds. The molecule has 25 heavy (non-hydrogen) atoms. The van der Waals surface area contributed by atoms with Crippen molar-refractivity contribution in [2.24, 2.45) is 0 Å². The van der Waals surface area contributed by atoms with Gasteiger partial charge in [-0.15, -0.1) is 0 Å². The number of ether oxygens (including phenoxy) is 1. The quantitative estimate of drug-likeness (QED) is 0.549. The highest BCUT2D eigenvalue weighted by Gasteiger charge is 2.03. The van der Waals surface area contributed by atoms with Crippen LogP contribution in [-0.2, 0) is 13.2 Å². The lowest BCUT2D eigenvalue weighted by Crippen LogP contribution is -2.31. The minimum Gasteiger partial charge on any atom is -0.489 e. The Morgan fingerprint density at radius 2 is 1.76 bits per heavy atom. The van der Waals surface area contributed by atoms with Gasteiger partial charge in [0.15, 0.2) is 0 Å². The average Bonchev–Trinajstić information content (AvgIpc) is 2.58. The van der Waals surface area contributed by atoms with Gasteiger partial charge in [-0.05, 0) is 36.8 Å². The van der Waals surface area contributed by atoms with Crippen LogP contribution in [0.4, 0.5) is 0 Å². The van der Waals surface area contributed by atoms with Crippen molar-refractivity contribution in [1.29, 1.82) is 0 Å². The van der Waals surface area contributed by atoms with E-state index in [1.807, 2.05) is 30.3 Å². The van der Waals surface area contributed by atoms with Gasteiger partial charge >= 0.3 is 0 Å². The molecule has 0 heterocycles. The van der Waals surface area contributed by atoms with Gasteiger partial charge in [0.25, 0.3) is 0 Å². The predicted octanol–water partition coefficient (Wildman–Crippen LogP) is 3.63. The van der Waals surface area contributed by atoms with Crippen LogP contribution in [0.25, 0.3) is 0 Å². The van der Waals surface area contributed by atoms with Crippen LogP contribution >= 0.6 is 23.2 Å². The second-order valence-electron chi connectivity index (χ2n) is 5.90. The molecule has 2 aromatic carbocycles. The first-order valence-electron chi connectivity index (χ1n) is 8.30. The van der Waals surface area contributed by atoms with Crippen LogP contribution in [-0.4, -0.2) is 30.8 Å². The van der Waals surface area contributed by atoms with Crippen molar-refractivity contribution in [3.8, 4) is 5.75 Å². The molecule has 0 bridgehead atoms. The fraction of sp³-hybridized carbons (Fsp3) is 0.368. The zero-order valence-corrected chi connectivity index (χ0v) is 15.8. The standard InChI is InChI=1S/C19H24Cl2N2O2/c1-14(24)11-22-8-9-23-12-15-2-6-18(7-3-15)25-13-16-4-5-17(20)10-19(16)21/h2-7,10,14,22-24H,8-9,11-13H2,1H3/t14-/m0/s1. The molecule has 6 heteroatoms. The van der Waals surface area contributed by atoms with Crippen LogP contribution < -0.4 is 15.4 Å². The Balaban J connectivity index is 1.70. The fourth-order valence-electron chi connectivity index (χ4n) is 2.22. The van der Waals surface area contributed by atoms with Crippen LogP contribution in [0.1, 0.15) is 18.1 Å². The highest BCUT2D eigenvalue weighted by Crippen LogP contribution is 2.22. The normalized spacial score (nSPS) is 12.2. The number of halogens is 2. The van der Waals surface area contributed by atoms with E-state index in [0.29, 0.717) is 23.2 Å². The second kappa shape index (κ2) is 10.6. The minimum atomic E-state index is -0.310. The summed E-state index contributed by atoms with van der Waals surface area (Å²) in [7, 11) is 0. The molecule has 2 rings (SSSR count). The molecule has 0 spiro atoms. The number of hydrogen-bond acceptors (Lipinski definition) is 4. The van der Waals surface area contributed by atoms with Crippen molar-refractivity contribution in [3.05, 3.63) is 63.6 Å². The zero-order valence-electron chi connectivity index (χ0n) is 14.3. The first-order valence-corrected chi connectivity index (χ1v) is 9.05. The van der Waals surface area contributed by atoms with E-state index in [2.05, 4.69) is 10.6 Å². The van der Waals surface area contributed by atoms with Gasteiger partial charge in [-0.1, -0.05) is 41.4 Å². The first-order chi connectivity index (χ1) is 12.0. The van der Waals surface area contributed by atoms with E-state index in [-0.39, 0.29) is 6.10 Å². The molecule has 0 aliphatic carbocycles. The van der Waals surface area contributed by atoms with Crippen molar-refractivity contribution in [2.75, 3.05) is 19.6 Å². The predicted molar refractivity (Wildman–Crippen MR) is 103 cm³/mol. The topological polar surface area (TPSA) is 53.5 Å². The summed E-state index contributed by atoms with van der Waals surface area (Å²) in [6, 6.07) is 13.4. The largest absolute Gasteiger partial charge is 0.489 e. The average molecular weight is 383 g/mol. The maximum atomic E-state index is 9.15. The zero-order chi connectivity index (χ0) is 18.1. The lowest BCUT2D eigenvalue weighted by molar-refractivity contribution is 0.191. The molecular weight excluding hydrogens is 359 g/mol. The lowest BCUT2D eigenvalue weighted by Gasteiger charge is -2.10. The van der Waals surface area contributed by atoms with Gasteiger partial charge in [-0.2, -0.15) is 0 Å². The second-order valence-corrected chi connectivity index (χ2v) is 6.74. The van der Waals surface area contributed by atoms with Gasteiger partial charge in [0, 0.05) is 41.8 Å². The van der Waals surface area contributed by atoms with E-state index in [1.165, 1.54) is 5.56 Å². The van der Waals surface area contributed by atoms with Crippen molar-refractivity contribution >= 4 is 23.2 Å². The summed E-state index contributed by atoms with van der Waals surface area (Å²) in [5.41, 5.74) is 2.09. The Hall–Kier alpha value is -1.30. The molecule has 0 radical (unpaired) electrons. The number of aliphatic hydroxyl groups is 1. The van der Waals surface area contributed by atoms with Crippen molar-refractivity contribution in [1.82, 2.24) is 10.6 Å². The SMILES string of the molecule is C[C@H](O)CNCCNCc1ccc(OCc2ccc(Cl)cc2Cl)cc1. The van der Waals surface area contributed by atoms with E-state index < -0.39 is 0 Å². The van der Waals surface area contributed by atoms with Crippen LogP contribution in [0, 0.1) is 0 Å². The molecule has 0 aliphatic heterocycles. The van der Waals surface area contributed by atoms with Gasteiger partial charge in [0.2, 0.25) is 0 Å². The Morgan fingerprint density at radius 3 is 2.44 bits per heavy atom. The maximum absolute atomic E-state index is 9.15. The molecule has 136 valence electrons. The number of benzene rings is 2. The molecule has 0 saturated heterocycles. The highest BCUT2D eigenvalue weighted by atomic mass is 35.5. The molecule has 0 fully saturated rings. The fourth-order valence-corrected chi connectivity index (χ4v) is 2.69. The smallest absolute Gasteiger partial charge is 0.119 e. The van der Waals surface area contributed by atoms with Crippen LogP contribution in [0.5, 0.6) is 5.75 Å². The van der Waals surface area contributed by atoms with E-state index in [9.17, 15) is 0 Å². The summed E-state index contributed by atoms with van der Waals surface area (Å²) < 4.78 is 5.77. The molecule has 2 aromatic rings. The molecule has 0 aliphatic rings. The van der Waals surface area contributed by atoms with E-state index in [4.69, 9.17) is 33.0 Å². The van der Waals surface area contributed by atoms with Crippen LogP contribution in [0.2, 0.25) is 10.0 Å². The Morgan fingerprint density at radius 1 is 1.04 bits per heavy atom. The summed E-state index contributed by atoms with van der Waals surface area (Å²) in [4.78, 5) is 0. The van der Waals surface area contributed by atoms with E-state index >= 15 is 0 Å². The summed E-state index contributed by atoms with van der Waals surface area (Å²) in [5, 5.41) is 16.9. The van der Waals surface area contributed by atoms with Crippen LogP contribution in [0.3, 0.4) is 0 Å². The summed E-state index contributed by atoms with van der Waals surface area (Å²) >= 11 is 12.0. The molecule has 0 saturated carbocycles. The van der Waals surface area contributed by atoms with Gasteiger partial charge in [-0.25, -0.2) is 0 Å². The summed E-state index contributed by atoms with van der Waals surface area (Å²) in [6.45, 7) is 5.26. The Labute approximate surface area is 159 Å². The van der Waals surface area contributed by atoms with Crippen molar-refractivity contribution in [2.45, 2.75) is 26.2 Å². The minimum absolute atomic E-state index is 0.310. The molecule has 4 nitrogen and oxygen atoms in total. The number of hydrogen-bond donors (Lipinski definition) is 3. The van der Waals surface area contributed by atoms with Gasteiger partial charge in [-0.3, -0.25) is 0 Å². The Bertz CT molecular complexity index is 648. The number of rotatable bonds is 10. The third-order valence-electron chi connectivity index (χ3n) is 3.58. The third kappa shape index (κ3) is 7.63. The molecule has 0 unspecified atom stereocenters. The number of nitrogens with one attached hydrogen (secondary N) is 2. The maximum Gasteiger partial charge on any atom is 0.119 e. The summed E-state index contributed by atoms with van der Waals surface area (Å²) in [5.74, 6) is 0.799. The first kappa shape index (κ1) is 20.0. The lowest BCUT2D eigenvalue weighted by atomic mass is 10.2. The molecular formula is C19H24Cl2N2O2.